The number of nitrogens with zero attached hydrogens (tertiary/aromatic N) is 3. The third kappa shape index (κ3) is 3.98. The summed E-state index contributed by atoms with van der Waals surface area (Å²) < 4.78 is 0. The van der Waals surface area contributed by atoms with Crippen LogP contribution in [-0.2, 0) is 0 Å². The van der Waals surface area contributed by atoms with Gasteiger partial charge in [0.05, 0.1) is 11.6 Å². The number of aryl methyl sites for hydroxylation is 1. The zero-order chi connectivity index (χ0) is 17.6. The van der Waals surface area contributed by atoms with E-state index >= 15 is 0 Å². The molecule has 0 saturated heterocycles. The van der Waals surface area contributed by atoms with E-state index in [1.807, 2.05) is 19.1 Å². The molecule has 0 atom stereocenters. The van der Waals surface area contributed by atoms with Gasteiger partial charge in [0.15, 0.2) is 0 Å². The lowest BCUT2D eigenvalue weighted by atomic mass is 10.1. The second-order valence-electron chi connectivity index (χ2n) is 5.40. The van der Waals surface area contributed by atoms with Gasteiger partial charge in [-0.2, -0.15) is 10.2 Å². The predicted molar refractivity (Wildman–Crippen MR) is 96.3 cm³/mol. The monoisotopic (exact) mass is 329 g/mol. The summed E-state index contributed by atoms with van der Waals surface area (Å²) in [7, 11) is 0. The number of benzene rings is 2. The van der Waals surface area contributed by atoms with Crippen LogP contribution in [-0.4, -0.2) is 16.3 Å². The molecule has 6 nitrogen and oxygen atoms in total. The van der Waals surface area contributed by atoms with E-state index in [4.69, 9.17) is 5.26 Å². The van der Waals surface area contributed by atoms with Crippen LogP contribution in [0.1, 0.15) is 21.5 Å². The van der Waals surface area contributed by atoms with Crippen molar-refractivity contribution in [3.63, 3.8) is 0 Å². The Morgan fingerprint density at radius 1 is 1.08 bits per heavy atom. The van der Waals surface area contributed by atoms with Crippen molar-refractivity contribution >= 4 is 29.4 Å². The van der Waals surface area contributed by atoms with Crippen molar-refractivity contribution in [1.82, 2.24) is 9.97 Å². The predicted octanol–water partition coefficient (Wildman–Crippen LogP) is 3.96. The molecule has 2 aromatic carbocycles. The number of carbonyl (C=O) groups is 1. The van der Waals surface area contributed by atoms with Gasteiger partial charge in [-0.05, 0) is 61.0 Å². The molecule has 6 heteroatoms. The second-order valence-corrected chi connectivity index (χ2v) is 5.40. The molecule has 0 fully saturated rings. The lowest BCUT2D eigenvalue weighted by molar-refractivity contribution is 0.112. The van der Waals surface area contributed by atoms with Crippen LogP contribution in [0.5, 0.6) is 0 Å². The van der Waals surface area contributed by atoms with E-state index in [1.54, 1.807) is 42.6 Å². The van der Waals surface area contributed by atoms with Crippen molar-refractivity contribution in [3.8, 4) is 6.07 Å². The fraction of sp³-hybridized carbons (Fsp3) is 0.0526. The van der Waals surface area contributed by atoms with Gasteiger partial charge in [0.1, 0.15) is 12.1 Å². The van der Waals surface area contributed by atoms with Gasteiger partial charge >= 0.3 is 0 Å². The van der Waals surface area contributed by atoms with Crippen molar-refractivity contribution < 1.29 is 4.79 Å². The highest BCUT2D eigenvalue weighted by Gasteiger charge is 2.04. The average Bonchev–Trinajstić information content (AvgIpc) is 2.64. The quantitative estimate of drug-likeness (QED) is 0.689. The number of aldehydes is 1. The van der Waals surface area contributed by atoms with Crippen LogP contribution in [0.25, 0.3) is 0 Å². The molecule has 0 radical (unpaired) electrons. The number of hydrogen-bond acceptors (Lipinski definition) is 6. The molecular weight excluding hydrogens is 314 g/mol. The van der Waals surface area contributed by atoms with E-state index in [0.717, 1.165) is 23.2 Å². The highest BCUT2D eigenvalue weighted by atomic mass is 16.1. The molecule has 1 aromatic heterocycles. The fourth-order valence-corrected chi connectivity index (χ4v) is 2.28. The number of aromatic nitrogens is 2. The van der Waals surface area contributed by atoms with Crippen molar-refractivity contribution in [1.29, 1.82) is 5.26 Å². The van der Waals surface area contributed by atoms with Crippen molar-refractivity contribution in [2.45, 2.75) is 6.92 Å². The van der Waals surface area contributed by atoms with Crippen LogP contribution in [0.3, 0.4) is 0 Å². The van der Waals surface area contributed by atoms with Crippen LogP contribution < -0.4 is 10.6 Å². The van der Waals surface area contributed by atoms with Crippen molar-refractivity contribution in [2.24, 2.45) is 0 Å². The third-order valence-electron chi connectivity index (χ3n) is 3.58. The molecular formula is C19H15N5O. The molecule has 25 heavy (non-hydrogen) atoms. The molecule has 3 aromatic rings. The van der Waals surface area contributed by atoms with E-state index < -0.39 is 0 Å². The Morgan fingerprint density at radius 3 is 2.56 bits per heavy atom. The minimum atomic E-state index is 0.442. The summed E-state index contributed by atoms with van der Waals surface area (Å²) in [6.45, 7) is 1.92. The van der Waals surface area contributed by atoms with E-state index in [0.29, 0.717) is 22.9 Å². The molecule has 0 unspecified atom stereocenters. The smallest absolute Gasteiger partial charge is 0.229 e. The number of nitriles is 1. The molecule has 0 aliphatic heterocycles. The zero-order valence-corrected chi connectivity index (χ0v) is 13.5. The number of carbonyl (C=O) groups excluding carboxylic acids is 1. The molecule has 0 aliphatic carbocycles. The minimum absolute atomic E-state index is 0.442. The summed E-state index contributed by atoms with van der Waals surface area (Å²) in [5, 5.41) is 15.1. The third-order valence-corrected chi connectivity index (χ3v) is 3.58. The number of nitrogens with one attached hydrogen (secondary N) is 2. The largest absolute Gasteiger partial charge is 0.340 e. The molecule has 3 rings (SSSR count). The number of rotatable bonds is 5. The first kappa shape index (κ1) is 16.1. The lowest BCUT2D eigenvalue weighted by Crippen LogP contribution is -2.01. The average molecular weight is 329 g/mol. The van der Waals surface area contributed by atoms with Crippen LogP contribution >= 0.6 is 0 Å². The van der Waals surface area contributed by atoms with Gasteiger partial charge in [0.2, 0.25) is 5.95 Å². The van der Waals surface area contributed by atoms with Gasteiger partial charge < -0.3 is 10.6 Å². The van der Waals surface area contributed by atoms with Crippen molar-refractivity contribution in [2.75, 3.05) is 10.6 Å². The maximum Gasteiger partial charge on any atom is 0.229 e. The first-order valence-corrected chi connectivity index (χ1v) is 7.61. The highest BCUT2D eigenvalue weighted by Crippen LogP contribution is 2.21. The summed E-state index contributed by atoms with van der Waals surface area (Å²) in [6.07, 6.45) is 2.47. The maximum atomic E-state index is 10.8. The molecule has 0 saturated carbocycles. The van der Waals surface area contributed by atoms with Gasteiger partial charge in [0.25, 0.3) is 0 Å². The van der Waals surface area contributed by atoms with E-state index in [2.05, 4.69) is 26.7 Å². The first-order chi connectivity index (χ1) is 12.2. The fourth-order valence-electron chi connectivity index (χ4n) is 2.28. The van der Waals surface area contributed by atoms with Crippen LogP contribution in [0.15, 0.2) is 54.7 Å². The molecule has 2 N–H and O–H groups in total. The summed E-state index contributed by atoms with van der Waals surface area (Å²) in [5.74, 6) is 1.07. The Hall–Kier alpha value is -3.72. The van der Waals surface area contributed by atoms with Crippen LogP contribution in [0, 0.1) is 18.3 Å². The van der Waals surface area contributed by atoms with Gasteiger partial charge in [-0.25, -0.2) is 4.98 Å². The summed E-state index contributed by atoms with van der Waals surface area (Å²) >= 11 is 0. The van der Waals surface area contributed by atoms with Gasteiger partial charge in [-0.1, -0.05) is 0 Å². The maximum absolute atomic E-state index is 10.8. The summed E-state index contributed by atoms with van der Waals surface area (Å²) in [4.78, 5) is 19.4. The topological polar surface area (TPSA) is 90.7 Å². The van der Waals surface area contributed by atoms with Crippen LogP contribution in [0.4, 0.5) is 23.1 Å². The SMILES string of the molecule is Cc1cc(C=O)ccc1Nc1ccnc(Nc2ccc(C#N)cc2)n1. The van der Waals surface area contributed by atoms with Gasteiger partial charge in [0, 0.05) is 23.1 Å². The molecule has 0 aliphatic rings. The summed E-state index contributed by atoms with van der Waals surface area (Å²) in [5.41, 5.74) is 3.84. The van der Waals surface area contributed by atoms with E-state index in [9.17, 15) is 4.79 Å². The zero-order valence-electron chi connectivity index (χ0n) is 13.5. The lowest BCUT2D eigenvalue weighted by Gasteiger charge is -2.11. The number of anilines is 4. The number of hydrogen-bond donors (Lipinski definition) is 2. The summed E-state index contributed by atoms with van der Waals surface area (Å²) in [6, 6.07) is 16.3. The molecule has 122 valence electrons. The minimum Gasteiger partial charge on any atom is -0.340 e. The Morgan fingerprint density at radius 2 is 1.88 bits per heavy atom. The standard InChI is InChI=1S/C19H15N5O/c1-13-10-15(12-25)4-7-17(13)23-18-8-9-21-19(24-18)22-16-5-2-14(11-20)3-6-16/h2-10,12H,1H3,(H2,21,22,23,24). The molecule has 0 spiro atoms. The van der Waals surface area contributed by atoms with Crippen LogP contribution in [0.2, 0.25) is 0 Å². The molecule has 1 heterocycles. The Labute approximate surface area is 145 Å². The highest BCUT2D eigenvalue weighted by molar-refractivity contribution is 5.77. The molecule has 0 bridgehead atoms. The Balaban J connectivity index is 1.77. The van der Waals surface area contributed by atoms with Crippen molar-refractivity contribution in [3.05, 3.63) is 71.4 Å². The first-order valence-electron chi connectivity index (χ1n) is 7.61. The Kier molecular flexibility index (Phi) is 4.67. The Bertz CT molecular complexity index is 945. The molecule has 0 amide bonds. The van der Waals surface area contributed by atoms with Gasteiger partial charge in [-0.3, -0.25) is 4.79 Å². The normalized spacial score (nSPS) is 9.92. The second kappa shape index (κ2) is 7.23. The van der Waals surface area contributed by atoms with Gasteiger partial charge in [-0.15, -0.1) is 0 Å². The van der Waals surface area contributed by atoms with E-state index in [1.165, 1.54) is 0 Å². The van der Waals surface area contributed by atoms with E-state index in [-0.39, 0.29) is 0 Å².